The zero-order valence-corrected chi connectivity index (χ0v) is 12.7. The van der Waals surface area contributed by atoms with Crippen molar-refractivity contribution in [3.63, 3.8) is 0 Å². The second-order valence-electron chi connectivity index (χ2n) is 4.83. The van der Waals surface area contributed by atoms with E-state index in [0.29, 0.717) is 18.4 Å². The fourth-order valence-corrected chi connectivity index (χ4v) is 2.85. The van der Waals surface area contributed by atoms with Crippen LogP contribution in [0.5, 0.6) is 0 Å². The Morgan fingerprint density at radius 1 is 1.10 bits per heavy atom. The molecule has 1 nitrogen and oxygen atoms in total. The molecule has 0 fully saturated rings. The highest BCUT2D eigenvalue weighted by molar-refractivity contribution is 6.22. The van der Waals surface area contributed by atoms with Gasteiger partial charge in [-0.2, -0.15) is 13.2 Å². The molecule has 0 amide bonds. The number of halogens is 6. The molecular formula is C14H16Cl2F4O. The van der Waals surface area contributed by atoms with E-state index in [1.165, 1.54) is 12.1 Å². The summed E-state index contributed by atoms with van der Waals surface area (Å²) in [5, 5.41) is 0. The van der Waals surface area contributed by atoms with Crippen molar-refractivity contribution in [1.82, 2.24) is 0 Å². The Kier molecular flexibility index (Phi) is 7.24. The molecule has 0 unspecified atom stereocenters. The maximum absolute atomic E-state index is 13.3. The predicted octanol–water partition coefficient (Wildman–Crippen LogP) is 4.90. The molecule has 1 aromatic rings. The van der Waals surface area contributed by atoms with E-state index in [9.17, 15) is 17.6 Å². The Morgan fingerprint density at radius 3 is 2.29 bits per heavy atom. The fourth-order valence-electron chi connectivity index (χ4n) is 1.99. The molecule has 1 aromatic carbocycles. The molecule has 1 rings (SSSR count). The first kappa shape index (κ1) is 18.5. The van der Waals surface area contributed by atoms with E-state index in [0.717, 1.165) is 0 Å². The molecule has 0 aromatic heterocycles. The number of hydrogen-bond donors (Lipinski definition) is 0. The summed E-state index contributed by atoms with van der Waals surface area (Å²) in [5.41, 5.74) is -0.0318. The predicted molar refractivity (Wildman–Crippen MR) is 75.6 cm³/mol. The minimum absolute atomic E-state index is 0.0512. The van der Waals surface area contributed by atoms with Crippen LogP contribution in [0.1, 0.15) is 18.4 Å². The van der Waals surface area contributed by atoms with E-state index in [2.05, 4.69) is 4.74 Å². The first-order valence-corrected chi connectivity index (χ1v) is 7.42. The van der Waals surface area contributed by atoms with E-state index >= 15 is 0 Å². The monoisotopic (exact) mass is 346 g/mol. The van der Waals surface area contributed by atoms with Crippen LogP contribution in [0, 0.1) is 5.82 Å². The van der Waals surface area contributed by atoms with Crippen molar-refractivity contribution in [2.75, 3.05) is 25.0 Å². The van der Waals surface area contributed by atoms with Crippen LogP contribution in [0.3, 0.4) is 0 Å². The van der Waals surface area contributed by atoms with Crippen LogP contribution in [-0.4, -0.2) is 31.2 Å². The van der Waals surface area contributed by atoms with Crippen molar-refractivity contribution in [3.8, 4) is 0 Å². The number of benzene rings is 1. The van der Waals surface area contributed by atoms with Crippen molar-refractivity contribution in [2.24, 2.45) is 0 Å². The molecule has 0 radical (unpaired) electrons. The van der Waals surface area contributed by atoms with Gasteiger partial charge in [-0.25, -0.2) is 4.39 Å². The lowest BCUT2D eigenvalue weighted by Crippen LogP contribution is -2.31. The third-order valence-electron chi connectivity index (χ3n) is 3.16. The van der Waals surface area contributed by atoms with Gasteiger partial charge in [-0.3, -0.25) is 0 Å². The van der Waals surface area contributed by atoms with E-state index in [4.69, 9.17) is 23.2 Å². The van der Waals surface area contributed by atoms with Gasteiger partial charge in [0.1, 0.15) is 12.4 Å². The smallest absolute Gasteiger partial charge is 0.372 e. The van der Waals surface area contributed by atoms with Crippen molar-refractivity contribution in [2.45, 2.75) is 24.4 Å². The molecule has 0 spiro atoms. The van der Waals surface area contributed by atoms with Crippen LogP contribution in [0.15, 0.2) is 24.3 Å². The molecule has 0 saturated carbocycles. The van der Waals surface area contributed by atoms with Crippen LogP contribution in [0.25, 0.3) is 0 Å². The molecule has 7 heteroatoms. The lowest BCUT2D eigenvalue weighted by atomic mass is 9.80. The average molecular weight is 347 g/mol. The van der Waals surface area contributed by atoms with Crippen LogP contribution in [0.4, 0.5) is 17.6 Å². The summed E-state index contributed by atoms with van der Waals surface area (Å²) >= 11 is 11.9. The lowest BCUT2D eigenvalue weighted by molar-refractivity contribution is -0.174. The van der Waals surface area contributed by atoms with E-state index in [1.54, 1.807) is 12.1 Å². The van der Waals surface area contributed by atoms with Gasteiger partial charge in [0.2, 0.25) is 0 Å². The molecule has 0 aliphatic rings. The van der Waals surface area contributed by atoms with Crippen molar-refractivity contribution in [3.05, 3.63) is 35.6 Å². The quantitative estimate of drug-likeness (QED) is 0.369. The Labute approximate surface area is 131 Å². The van der Waals surface area contributed by atoms with Gasteiger partial charge in [-0.05, 0) is 30.5 Å². The molecule has 0 aliphatic heterocycles. The Bertz CT molecular complexity index is 433. The standard InChI is InChI=1S/C14H16Cl2F4O/c15-8-13(9-16,11-3-1-4-12(17)7-11)5-2-6-21-10-14(18,19)20/h1,3-4,7H,2,5-6,8-10H2. The van der Waals surface area contributed by atoms with Gasteiger partial charge in [0.15, 0.2) is 0 Å². The molecule has 0 aliphatic carbocycles. The van der Waals surface area contributed by atoms with Gasteiger partial charge in [-0.1, -0.05) is 12.1 Å². The van der Waals surface area contributed by atoms with Crippen LogP contribution in [0.2, 0.25) is 0 Å². The van der Waals surface area contributed by atoms with Crippen LogP contribution in [-0.2, 0) is 10.2 Å². The lowest BCUT2D eigenvalue weighted by Gasteiger charge is -2.30. The third kappa shape index (κ3) is 6.01. The minimum atomic E-state index is -4.33. The summed E-state index contributed by atoms with van der Waals surface area (Å²) in [4.78, 5) is 0. The molecule has 0 bridgehead atoms. The van der Waals surface area contributed by atoms with Gasteiger partial charge >= 0.3 is 6.18 Å². The van der Waals surface area contributed by atoms with E-state index in [1.807, 2.05) is 0 Å². The summed E-state index contributed by atoms with van der Waals surface area (Å²) in [6.45, 7) is -1.33. The number of ether oxygens (including phenoxy) is 1. The Morgan fingerprint density at radius 2 is 1.76 bits per heavy atom. The molecule has 0 N–H and O–H groups in total. The van der Waals surface area contributed by atoms with E-state index in [-0.39, 0.29) is 18.4 Å². The number of rotatable bonds is 8. The summed E-state index contributed by atoms with van der Waals surface area (Å²) in [7, 11) is 0. The zero-order chi connectivity index (χ0) is 15.9. The highest BCUT2D eigenvalue weighted by Gasteiger charge is 2.31. The van der Waals surface area contributed by atoms with Crippen molar-refractivity contribution >= 4 is 23.2 Å². The molecular weight excluding hydrogens is 331 g/mol. The van der Waals surface area contributed by atoms with Gasteiger partial charge < -0.3 is 4.74 Å². The topological polar surface area (TPSA) is 9.23 Å². The summed E-state index contributed by atoms with van der Waals surface area (Å²) < 4.78 is 53.7. The van der Waals surface area contributed by atoms with Crippen molar-refractivity contribution in [1.29, 1.82) is 0 Å². The number of hydrogen-bond acceptors (Lipinski definition) is 1. The van der Waals surface area contributed by atoms with Gasteiger partial charge in [0.05, 0.1) is 0 Å². The van der Waals surface area contributed by atoms with Crippen LogP contribution < -0.4 is 0 Å². The fraction of sp³-hybridized carbons (Fsp3) is 0.571. The highest BCUT2D eigenvalue weighted by Crippen LogP contribution is 2.33. The van der Waals surface area contributed by atoms with Crippen LogP contribution >= 0.6 is 23.2 Å². The summed E-state index contributed by atoms with van der Waals surface area (Å²) in [6.07, 6.45) is -3.56. The maximum Gasteiger partial charge on any atom is 0.411 e. The molecule has 120 valence electrons. The SMILES string of the molecule is Fc1cccc(C(CCl)(CCl)CCCOCC(F)(F)F)c1. The van der Waals surface area contributed by atoms with Gasteiger partial charge in [0.25, 0.3) is 0 Å². The van der Waals surface area contributed by atoms with Gasteiger partial charge in [0, 0.05) is 23.8 Å². The largest absolute Gasteiger partial charge is 0.411 e. The Balaban J connectivity index is 2.61. The molecule has 0 heterocycles. The first-order chi connectivity index (χ1) is 9.83. The van der Waals surface area contributed by atoms with Gasteiger partial charge in [-0.15, -0.1) is 23.2 Å². The van der Waals surface area contributed by atoms with Crippen molar-refractivity contribution < 1.29 is 22.3 Å². The molecule has 21 heavy (non-hydrogen) atoms. The first-order valence-electron chi connectivity index (χ1n) is 6.35. The second-order valence-corrected chi connectivity index (χ2v) is 5.36. The highest BCUT2D eigenvalue weighted by atomic mass is 35.5. The minimum Gasteiger partial charge on any atom is -0.372 e. The zero-order valence-electron chi connectivity index (χ0n) is 11.2. The third-order valence-corrected chi connectivity index (χ3v) is 4.18. The second kappa shape index (κ2) is 8.20. The molecule has 0 atom stereocenters. The summed E-state index contributed by atoms with van der Waals surface area (Å²) in [5.74, 6) is -0.0984. The number of alkyl halides is 5. The molecule has 0 saturated heterocycles. The average Bonchev–Trinajstić information content (AvgIpc) is 2.42. The summed E-state index contributed by atoms with van der Waals surface area (Å²) in [6, 6.07) is 5.92. The maximum atomic E-state index is 13.3. The van der Waals surface area contributed by atoms with E-state index < -0.39 is 24.0 Å². The Hall–Kier alpha value is -0.520. The normalized spacial score (nSPS) is 12.7.